The predicted octanol–water partition coefficient (Wildman–Crippen LogP) is 3.32. The van der Waals surface area contributed by atoms with Crippen molar-refractivity contribution < 1.29 is 14.1 Å². The van der Waals surface area contributed by atoms with E-state index in [0.29, 0.717) is 37.6 Å². The maximum atomic E-state index is 12.9. The first-order valence-electron chi connectivity index (χ1n) is 9.47. The van der Waals surface area contributed by atoms with Crippen molar-refractivity contribution in [3.63, 3.8) is 0 Å². The summed E-state index contributed by atoms with van der Waals surface area (Å²) in [5, 5.41) is 6.42. The van der Waals surface area contributed by atoms with Gasteiger partial charge >= 0.3 is 0 Å². The van der Waals surface area contributed by atoms with Crippen LogP contribution in [0.5, 0.6) is 0 Å². The molecule has 2 aromatic heterocycles. The number of carbonyl (C=O) groups is 2. The Morgan fingerprint density at radius 3 is 2.31 bits per heavy atom. The number of benzene rings is 1. The normalized spacial score (nSPS) is 14.3. The molecule has 0 unspecified atom stereocenters. The van der Waals surface area contributed by atoms with Gasteiger partial charge in [0.15, 0.2) is 0 Å². The number of rotatable bonds is 3. The van der Waals surface area contributed by atoms with Crippen molar-refractivity contribution in [2.45, 2.75) is 20.8 Å². The van der Waals surface area contributed by atoms with E-state index in [1.165, 1.54) is 16.9 Å². The number of nitrogens with zero attached hydrogens (tertiary/aromatic N) is 4. The Labute approximate surface area is 172 Å². The fourth-order valence-corrected chi connectivity index (χ4v) is 4.33. The highest BCUT2D eigenvalue weighted by Gasteiger charge is 2.28. The largest absolute Gasteiger partial charge is 0.351 e. The van der Waals surface area contributed by atoms with E-state index in [1.807, 2.05) is 11.4 Å². The molecule has 3 heterocycles. The van der Waals surface area contributed by atoms with Gasteiger partial charge in [0.05, 0.1) is 5.69 Å². The lowest BCUT2D eigenvalue weighted by Gasteiger charge is -2.33. The number of amides is 2. The highest BCUT2D eigenvalue weighted by atomic mass is 32.1. The van der Waals surface area contributed by atoms with E-state index in [0.717, 1.165) is 16.1 Å². The average molecular weight is 410 g/mol. The van der Waals surface area contributed by atoms with Gasteiger partial charge in [-0.3, -0.25) is 9.59 Å². The molecular formula is C21H22N4O3S. The maximum absolute atomic E-state index is 12.9. The number of carbonyl (C=O) groups excluding carboxylic acids is 2. The number of hydrogen-bond donors (Lipinski definition) is 0. The molecule has 7 nitrogen and oxygen atoms in total. The molecule has 2 amide bonds. The van der Waals surface area contributed by atoms with Crippen molar-refractivity contribution in [2.24, 2.45) is 0 Å². The summed E-state index contributed by atoms with van der Waals surface area (Å²) in [6.45, 7) is 7.73. The quantitative estimate of drug-likeness (QED) is 0.662. The molecule has 0 bridgehead atoms. The molecule has 0 aliphatic carbocycles. The summed E-state index contributed by atoms with van der Waals surface area (Å²) in [6.07, 6.45) is 0. The molecule has 1 fully saturated rings. The minimum Gasteiger partial charge on any atom is -0.351 e. The standard InChI is InChI=1S/C21H22N4O3S/c1-13-4-5-16(14(2)10-13)19-22-17(12-29-19)20(26)24-6-8-25(9-7-24)21(27)18-11-15(3)23-28-18/h4-5,10-12H,6-9H2,1-3H3. The van der Waals surface area contributed by atoms with Crippen molar-refractivity contribution >= 4 is 23.2 Å². The van der Waals surface area contributed by atoms with Gasteiger partial charge in [-0.05, 0) is 26.3 Å². The molecule has 150 valence electrons. The highest BCUT2D eigenvalue weighted by Crippen LogP contribution is 2.28. The molecular weight excluding hydrogens is 388 g/mol. The Bertz CT molecular complexity index is 1060. The zero-order chi connectivity index (χ0) is 20.5. The van der Waals surface area contributed by atoms with Gasteiger partial charge in [0, 0.05) is 43.2 Å². The summed E-state index contributed by atoms with van der Waals surface area (Å²) >= 11 is 1.48. The lowest BCUT2D eigenvalue weighted by molar-refractivity contribution is 0.0510. The number of aryl methyl sites for hydroxylation is 3. The molecule has 0 radical (unpaired) electrons. The van der Waals surface area contributed by atoms with Crippen molar-refractivity contribution in [1.29, 1.82) is 0 Å². The van der Waals surface area contributed by atoms with E-state index in [1.54, 1.807) is 22.8 Å². The molecule has 0 atom stereocenters. The second-order valence-electron chi connectivity index (χ2n) is 7.27. The van der Waals surface area contributed by atoms with E-state index in [2.05, 4.69) is 36.1 Å². The monoisotopic (exact) mass is 410 g/mol. The maximum Gasteiger partial charge on any atom is 0.292 e. The van der Waals surface area contributed by atoms with Crippen LogP contribution >= 0.6 is 11.3 Å². The van der Waals surface area contributed by atoms with Crippen LogP contribution in [-0.2, 0) is 0 Å². The Hall–Kier alpha value is -3.00. The molecule has 0 N–H and O–H groups in total. The summed E-state index contributed by atoms with van der Waals surface area (Å²) in [5.41, 5.74) is 4.53. The molecule has 8 heteroatoms. The summed E-state index contributed by atoms with van der Waals surface area (Å²) < 4.78 is 5.05. The van der Waals surface area contributed by atoms with Crippen LogP contribution < -0.4 is 0 Å². The van der Waals surface area contributed by atoms with Crippen LogP contribution in [0, 0.1) is 20.8 Å². The predicted molar refractivity (Wildman–Crippen MR) is 110 cm³/mol. The zero-order valence-electron chi connectivity index (χ0n) is 16.6. The number of hydrogen-bond acceptors (Lipinski definition) is 6. The summed E-state index contributed by atoms with van der Waals surface area (Å²) in [4.78, 5) is 33.3. The van der Waals surface area contributed by atoms with Crippen LogP contribution in [-0.4, -0.2) is 57.9 Å². The summed E-state index contributed by atoms with van der Waals surface area (Å²) in [7, 11) is 0. The van der Waals surface area contributed by atoms with Crippen LogP contribution in [0.15, 0.2) is 34.2 Å². The lowest BCUT2D eigenvalue weighted by Crippen LogP contribution is -2.50. The number of piperazine rings is 1. The van der Waals surface area contributed by atoms with E-state index >= 15 is 0 Å². The molecule has 1 aliphatic heterocycles. The third-order valence-electron chi connectivity index (χ3n) is 5.03. The Kier molecular flexibility index (Phi) is 5.19. The smallest absolute Gasteiger partial charge is 0.292 e. The molecule has 1 aromatic carbocycles. The Morgan fingerprint density at radius 2 is 1.69 bits per heavy atom. The van der Waals surface area contributed by atoms with E-state index in [-0.39, 0.29) is 17.6 Å². The average Bonchev–Trinajstić information content (AvgIpc) is 3.36. The molecule has 3 aromatic rings. The first kappa shape index (κ1) is 19.3. The minimum absolute atomic E-state index is 0.0973. The molecule has 4 rings (SSSR count). The fraction of sp³-hybridized carbons (Fsp3) is 0.333. The van der Waals surface area contributed by atoms with Gasteiger partial charge < -0.3 is 14.3 Å². The van der Waals surface area contributed by atoms with Crippen LogP contribution in [0.25, 0.3) is 10.6 Å². The van der Waals surface area contributed by atoms with E-state index in [4.69, 9.17) is 4.52 Å². The van der Waals surface area contributed by atoms with E-state index < -0.39 is 0 Å². The Balaban J connectivity index is 1.41. The molecule has 1 saturated heterocycles. The fourth-order valence-electron chi connectivity index (χ4n) is 3.44. The second kappa shape index (κ2) is 7.79. The summed E-state index contributed by atoms with van der Waals surface area (Å²) in [5.74, 6) is -0.0525. The topological polar surface area (TPSA) is 79.5 Å². The van der Waals surface area contributed by atoms with Gasteiger partial charge in [-0.2, -0.15) is 0 Å². The van der Waals surface area contributed by atoms with E-state index in [9.17, 15) is 9.59 Å². The van der Waals surface area contributed by atoms with Crippen LogP contribution in [0.1, 0.15) is 37.9 Å². The number of thiazole rings is 1. The molecule has 0 saturated carbocycles. The lowest BCUT2D eigenvalue weighted by atomic mass is 10.1. The van der Waals surface area contributed by atoms with Crippen molar-refractivity contribution in [3.8, 4) is 10.6 Å². The van der Waals surface area contributed by atoms with Gasteiger partial charge in [0.1, 0.15) is 10.7 Å². The van der Waals surface area contributed by atoms with Gasteiger partial charge in [0.2, 0.25) is 5.76 Å². The highest BCUT2D eigenvalue weighted by molar-refractivity contribution is 7.13. The van der Waals surface area contributed by atoms with Crippen LogP contribution in [0.2, 0.25) is 0 Å². The SMILES string of the molecule is Cc1ccc(-c2nc(C(=O)N3CCN(C(=O)c4cc(C)no4)CC3)cs2)c(C)c1. The van der Waals surface area contributed by atoms with Gasteiger partial charge in [0.25, 0.3) is 11.8 Å². The Morgan fingerprint density at radius 1 is 1.00 bits per heavy atom. The molecule has 0 spiro atoms. The van der Waals surface area contributed by atoms with Crippen molar-refractivity contribution in [1.82, 2.24) is 19.9 Å². The van der Waals surface area contributed by atoms with Crippen molar-refractivity contribution in [2.75, 3.05) is 26.2 Å². The molecule has 29 heavy (non-hydrogen) atoms. The van der Waals surface area contributed by atoms with Gasteiger partial charge in [-0.15, -0.1) is 11.3 Å². The molecule has 1 aliphatic rings. The summed E-state index contributed by atoms with van der Waals surface area (Å²) in [6, 6.07) is 7.85. The second-order valence-corrected chi connectivity index (χ2v) is 8.13. The van der Waals surface area contributed by atoms with Gasteiger partial charge in [-0.25, -0.2) is 4.98 Å². The first-order valence-corrected chi connectivity index (χ1v) is 10.4. The van der Waals surface area contributed by atoms with Crippen molar-refractivity contribution in [3.05, 3.63) is 57.9 Å². The number of aromatic nitrogens is 2. The zero-order valence-corrected chi connectivity index (χ0v) is 17.5. The van der Waals surface area contributed by atoms with Gasteiger partial charge in [-0.1, -0.05) is 28.9 Å². The van der Waals surface area contributed by atoms with Crippen LogP contribution in [0.4, 0.5) is 0 Å². The third kappa shape index (κ3) is 3.93. The minimum atomic E-state index is -0.191. The van der Waals surface area contributed by atoms with Crippen LogP contribution in [0.3, 0.4) is 0 Å². The first-order chi connectivity index (χ1) is 13.9. The third-order valence-corrected chi connectivity index (χ3v) is 5.90.